The molecule has 1 aliphatic carbocycles. The summed E-state index contributed by atoms with van der Waals surface area (Å²) < 4.78 is 0. The van der Waals surface area contributed by atoms with E-state index in [0.29, 0.717) is 0 Å². The van der Waals surface area contributed by atoms with Gasteiger partial charge >= 0.3 is 0 Å². The van der Waals surface area contributed by atoms with E-state index in [9.17, 15) is 0 Å². The van der Waals surface area contributed by atoms with Gasteiger partial charge in [0, 0.05) is 11.3 Å². The molecule has 0 aromatic carbocycles. The highest BCUT2D eigenvalue weighted by atomic mass is 32.2. The van der Waals surface area contributed by atoms with Crippen molar-refractivity contribution < 1.29 is 0 Å². The van der Waals surface area contributed by atoms with E-state index >= 15 is 0 Å². The number of hydrogen-bond acceptors (Lipinski definition) is 2. The van der Waals surface area contributed by atoms with Gasteiger partial charge in [-0.05, 0) is 40.0 Å². The number of rotatable bonds is 1. The van der Waals surface area contributed by atoms with Gasteiger partial charge in [-0.2, -0.15) is 0 Å². The number of amidine groups is 1. The lowest BCUT2D eigenvalue weighted by molar-refractivity contribution is 0.436. The minimum absolute atomic E-state index is 0.225. The molecule has 2 fully saturated rings. The van der Waals surface area contributed by atoms with Crippen LogP contribution in [0.4, 0.5) is 0 Å². The zero-order chi connectivity index (χ0) is 10.9. The van der Waals surface area contributed by atoms with Crippen LogP contribution in [0.25, 0.3) is 0 Å². The second-order valence-corrected chi connectivity index (χ2v) is 6.81. The van der Waals surface area contributed by atoms with Gasteiger partial charge in [0.15, 0.2) is 5.17 Å². The van der Waals surface area contributed by atoms with Crippen molar-refractivity contribution in [2.75, 3.05) is 5.75 Å². The minimum atomic E-state index is 0.225. The fraction of sp³-hybridized carbons (Fsp3) is 0.917. The second kappa shape index (κ2) is 4.00. The van der Waals surface area contributed by atoms with Crippen LogP contribution in [0.15, 0.2) is 4.99 Å². The van der Waals surface area contributed by atoms with Crippen LogP contribution in [0.1, 0.15) is 52.9 Å². The van der Waals surface area contributed by atoms with Crippen LogP contribution >= 0.6 is 11.8 Å². The van der Waals surface area contributed by atoms with Gasteiger partial charge in [-0.1, -0.05) is 24.6 Å². The molecule has 1 saturated heterocycles. The third kappa shape index (κ3) is 2.90. The summed E-state index contributed by atoms with van der Waals surface area (Å²) in [5.74, 6) is 1.20. The fourth-order valence-corrected chi connectivity index (χ4v) is 3.78. The van der Waals surface area contributed by atoms with Gasteiger partial charge in [0.1, 0.15) is 0 Å². The van der Waals surface area contributed by atoms with Gasteiger partial charge in [-0.3, -0.25) is 4.99 Å². The largest absolute Gasteiger partial charge is 0.360 e. The van der Waals surface area contributed by atoms with E-state index in [1.807, 2.05) is 11.8 Å². The first-order valence-electron chi connectivity index (χ1n) is 6.00. The van der Waals surface area contributed by atoms with Gasteiger partial charge in [0.2, 0.25) is 0 Å². The summed E-state index contributed by atoms with van der Waals surface area (Å²) in [6.45, 7) is 6.83. The van der Waals surface area contributed by atoms with Gasteiger partial charge in [-0.15, -0.1) is 0 Å². The minimum Gasteiger partial charge on any atom is -0.360 e. The maximum absolute atomic E-state index is 4.93. The van der Waals surface area contributed by atoms with Gasteiger partial charge in [-0.25, -0.2) is 0 Å². The molecule has 15 heavy (non-hydrogen) atoms. The number of thioether (sulfide) groups is 1. The molecule has 2 rings (SSSR count). The van der Waals surface area contributed by atoms with Crippen LogP contribution < -0.4 is 5.32 Å². The average molecular weight is 226 g/mol. The van der Waals surface area contributed by atoms with E-state index in [4.69, 9.17) is 4.99 Å². The van der Waals surface area contributed by atoms with E-state index < -0.39 is 0 Å². The Hall–Kier alpha value is -0.180. The van der Waals surface area contributed by atoms with Crippen molar-refractivity contribution in [3.8, 4) is 0 Å². The zero-order valence-corrected chi connectivity index (χ0v) is 10.9. The first-order valence-corrected chi connectivity index (χ1v) is 6.99. The molecule has 86 valence electrons. The van der Waals surface area contributed by atoms with Crippen LogP contribution in [0.3, 0.4) is 0 Å². The molecule has 2 nitrogen and oxygen atoms in total. The zero-order valence-electron chi connectivity index (χ0n) is 10.1. The number of aliphatic imine (C=N–C) groups is 1. The summed E-state index contributed by atoms with van der Waals surface area (Å²) in [5, 5.41) is 4.73. The fourth-order valence-electron chi connectivity index (χ4n) is 2.34. The average Bonchev–Trinajstić information content (AvgIpc) is 2.49. The Morgan fingerprint density at radius 2 is 1.80 bits per heavy atom. The highest BCUT2D eigenvalue weighted by Gasteiger charge is 2.31. The highest BCUT2D eigenvalue weighted by molar-refractivity contribution is 8.13. The van der Waals surface area contributed by atoms with E-state index in [0.717, 1.165) is 0 Å². The number of nitrogens with zero attached hydrogens (tertiary/aromatic N) is 1. The topological polar surface area (TPSA) is 24.4 Å². The lowest BCUT2D eigenvalue weighted by atomic mass is 10.0. The SMILES string of the molecule is CC1(N=C2NC(C)(C)CCS2)CCCC1. The molecule has 0 aromatic heterocycles. The van der Waals surface area contributed by atoms with E-state index in [1.165, 1.54) is 43.0 Å². The van der Waals surface area contributed by atoms with E-state index in [-0.39, 0.29) is 11.1 Å². The molecular weight excluding hydrogens is 204 g/mol. The molecule has 0 bridgehead atoms. The molecule has 0 spiro atoms. The Balaban J connectivity index is 2.06. The molecule has 1 aliphatic heterocycles. The third-order valence-electron chi connectivity index (χ3n) is 3.46. The van der Waals surface area contributed by atoms with E-state index in [2.05, 4.69) is 26.1 Å². The van der Waals surface area contributed by atoms with Crippen LogP contribution in [-0.4, -0.2) is 22.0 Å². The molecule has 0 amide bonds. The number of hydrogen-bond donors (Lipinski definition) is 1. The van der Waals surface area contributed by atoms with Gasteiger partial charge < -0.3 is 5.32 Å². The van der Waals surface area contributed by atoms with Crippen molar-refractivity contribution >= 4 is 16.9 Å². The molecule has 0 unspecified atom stereocenters. The predicted molar refractivity (Wildman–Crippen MR) is 68.6 cm³/mol. The first-order chi connectivity index (χ1) is 6.99. The molecule has 0 aromatic rings. The Bertz CT molecular complexity index is 265. The molecule has 2 aliphatic rings. The Morgan fingerprint density at radius 1 is 1.13 bits per heavy atom. The van der Waals surface area contributed by atoms with E-state index in [1.54, 1.807) is 0 Å². The molecular formula is C12H22N2S. The summed E-state index contributed by atoms with van der Waals surface area (Å²) in [6, 6.07) is 0. The number of nitrogens with one attached hydrogen (secondary N) is 1. The summed E-state index contributed by atoms with van der Waals surface area (Å²) in [7, 11) is 0. The summed E-state index contributed by atoms with van der Waals surface area (Å²) in [4.78, 5) is 4.93. The van der Waals surface area contributed by atoms with Crippen molar-refractivity contribution in [3.05, 3.63) is 0 Å². The molecule has 0 atom stereocenters. The summed E-state index contributed by atoms with van der Waals surface area (Å²) in [6.07, 6.45) is 6.45. The van der Waals surface area contributed by atoms with Crippen molar-refractivity contribution in [2.45, 2.75) is 64.0 Å². The van der Waals surface area contributed by atoms with Crippen molar-refractivity contribution in [2.24, 2.45) is 4.99 Å². The maximum Gasteiger partial charge on any atom is 0.157 e. The summed E-state index contributed by atoms with van der Waals surface area (Å²) >= 11 is 1.89. The first kappa shape index (κ1) is 11.3. The molecule has 0 radical (unpaired) electrons. The maximum atomic E-state index is 4.93. The monoisotopic (exact) mass is 226 g/mol. The predicted octanol–water partition coefficient (Wildman–Crippen LogP) is 3.18. The van der Waals surface area contributed by atoms with Crippen molar-refractivity contribution in [1.29, 1.82) is 0 Å². The standard InChI is InChI=1S/C12H22N2S/c1-11(2)8-9-15-10(13-11)14-12(3)6-4-5-7-12/h4-9H2,1-3H3,(H,13,14). The molecule has 3 heteroatoms. The van der Waals surface area contributed by atoms with Crippen LogP contribution in [0.5, 0.6) is 0 Å². The second-order valence-electron chi connectivity index (χ2n) is 5.73. The Kier molecular flexibility index (Phi) is 3.02. The molecule has 1 N–H and O–H groups in total. The van der Waals surface area contributed by atoms with Crippen LogP contribution in [0, 0.1) is 0 Å². The lowest BCUT2D eigenvalue weighted by Crippen LogP contribution is -2.47. The molecule has 1 saturated carbocycles. The van der Waals surface area contributed by atoms with Crippen LogP contribution in [-0.2, 0) is 0 Å². The van der Waals surface area contributed by atoms with Gasteiger partial charge in [0.25, 0.3) is 0 Å². The molecule has 1 heterocycles. The van der Waals surface area contributed by atoms with Crippen LogP contribution in [0.2, 0.25) is 0 Å². The highest BCUT2D eigenvalue weighted by Crippen LogP contribution is 2.34. The quantitative estimate of drug-likeness (QED) is 0.742. The van der Waals surface area contributed by atoms with Crippen molar-refractivity contribution in [1.82, 2.24) is 5.32 Å². The Labute approximate surface area is 97.3 Å². The summed E-state index contributed by atoms with van der Waals surface area (Å²) in [5.41, 5.74) is 0.460. The normalized spacial score (nSPS) is 31.5. The smallest absolute Gasteiger partial charge is 0.157 e. The van der Waals surface area contributed by atoms with Gasteiger partial charge in [0.05, 0.1) is 5.54 Å². The van der Waals surface area contributed by atoms with Crippen molar-refractivity contribution in [3.63, 3.8) is 0 Å². The lowest BCUT2D eigenvalue weighted by Gasteiger charge is -2.34. The third-order valence-corrected chi connectivity index (χ3v) is 4.34. The Morgan fingerprint density at radius 3 is 2.40 bits per heavy atom.